The number of hydrogen-bond acceptors (Lipinski definition) is 6. The van der Waals surface area contributed by atoms with Crippen LogP contribution in [-0.2, 0) is 0 Å². The summed E-state index contributed by atoms with van der Waals surface area (Å²) in [5, 5.41) is 19.0. The number of hydrogen-bond donors (Lipinski definition) is 4. The van der Waals surface area contributed by atoms with E-state index in [-0.39, 0.29) is 24.4 Å². The Morgan fingerprint density at radius 1 is 1.53 bits per heavy atom. The Bertz CT molecular complexity index is 664. The number of nitrogens with one attached hydrogen (secondary N) is 1. The Morgan fingerprint density at radius 3 is 3.00 bits per heavy atom. The Balaban J connectivity index is 2.05. The van der Waals surface area contributed by atoms with Crippen molar-refractivity contribution >= 4 is 17.0 Å². The lowest BCUT2D eigenvalue weighted by atomic mass is 10.1. The van der Waals surface area contributed by atoms with Crippen molar-refractivity contribution in [3.63, 3.8) is 0 Å². The van der Waals surface area contributed by atoms with Gasteiger partial charge < -0.3 is 20.5 Å². The number of nitrogens with zero attached hydrogens (tertiary/aromatic N) is 3. The number of imidazole rings is 1. The molecule has 1 fully saturated rings. The van der Waals surface area contributed by atoms with Crippen molar-refractivity contribution in [1.82, 2.24) is 19.5 Å². The van der Waals surface area contributed by atoms with E-state index < -0.39 is 11.8 Å². The Hall–Kier alpha value is -1.93. The third kappa shape index (κ3) is 1.89. The molecule has 5 N–H and O–H groups in total. The average molecular weight is 265 g/mol. The molecule has 0 unspecified atom stereocenters. The second kappa shape index (κ2) is 4.32. The molecule has 1 aliphatic carbocycles. The summed E-state index contributed by atoms with van der Waals surface area (Å²) in [5.74, 6) is 0.0350. The fourth-order valence-electron chi connectivity index (χ4n) is 2.72. The van der Waals surface area contributed by atoms with Gasteiger partial charge >= 0.3 is 5.69 Å². The first-order chi connectivity index (χ1) is 9.10. The molecule has 2 aromatic rings. The maximum absolute atomic E-state index is 11.4. The second-order valence-corrected chi connectivity index (χ2v) is 4.91. The molecule has 0 saturated heterocycles. The molecule has 1 aliphatic rings. The van der Waals surface area contributed by atoms with Gasteiger partial charge in [-0.05, 0) is 12.8 Å². The van der Waals surface area contributed by atoms with E-state index in [1.165, 1.54) is 0 Å². The maximum Gasteiger partial charge on any atom is 0.348 e. The molecule has 0 radical (unpaired) electrons. The minimum atomic E-state index is -0.549. The highest BCUT2D eigenvalue weighted by Crippen LogP contribution is 2.36. The zero-order valence-electron chi connectivity index (χ0n) is 10.2. The molecule has 0 aliphatic heterocycles. The smallest absolute Gasteiger partial charge is 0.348 e. The molecule has 0 spiro atoms. The quantitative estimate of drug-likeness (QED) is 0.551. The van der Waals surface area contributed by atoms with Crippen molar-refractivity contribution in [2.45, 2.75) is 25.0 Å². The van der Waals surface area contributed by atoms with Crippen molar-refractivity contribution in [2.24, 2.45) is 5.92 Å². The van der Waals surface area contributed by atoms with Gasteiger partial charge in [-0.3, -0.25) is 4.98 Å². The first-order valence-corrected chi connectivity index (χ1v) is 6.11. The van der Waals surface area contributed by atoms with Crippen molar-refractivity contribution in [1.29, 1.82) is 0 Å². The maximum atomic E-state index is 11.4. The number of anilines is 1. The molecular weight excluding hydrogens is 250 g/mol. The molecule has 0 bridgehead atoms. The van der Waals surface area contributed by atoms with Crippen LogP contribution in [0.3, 0.4) is 0 Å². The van der Waals surface area contributed by atoms with Gasteiger partial charge in [-0.25, -0.2) is 9.78 Å². The molecule has 2 aromatic heterocycles. The number of aliphatic hydroxyl groups is 2. The van der Waals surface area contributed by atoms with E-state index in [4.69, 9.17) is 5.73 Å². The van der Waals surface area contributed by atoms with E-state index >= 15 is 0 Å². The van der Waals surface area contributed by atoms with Gasteiger partial charge in [-0.15, -0.1) is 0 Å². The van der Waals surface area contributed by atoms with Gasteiger partial charge in [0.05, 0.1) is 12.4 Å². The lowest BCUT2D eigenvalue weighted by molar-refractivity contribution is 0.0906. The largest absolute Gasteiger partial charge is 0.396 e. The predicted molar refractivity (Wildman–Crippen MR) is 67.4 cm³/mol. The molecule has 3 atom stereocenters. The van der Waals surface area contributed by atoms with Crippen molar-refractivity contribution in [3.8, 4) is 0 Å². The lowest BCUT2D eigenvalue weighted by Crippen LogP contribution is -2.16. The average Bonchev–Trinajstić information content (AvgIpc) is 2.92. The van der Waals surface area contributed by atoms with Gasteiger partial charge in [-0.2, -0.15) is 4.98 Å². The molecule has 0 amide bonds. The first-order valence-electron chi connectivity index (χ1n) is 6.11. The van der Waals surface area contributed by atoms with E-state index in [0.717, 1.165) is 0 Å². The monoisotopic (exact) mass is 265 g/mol. The van der Waals surface area contributed by atoms with Gasteiger partial charge in [0.25, 0.3) is 0 Å². The van der Waals surface area contributed by atoms with Gasteiger partial charge in [0.1, 0.15) is 11.3 Å². The summed E-state index contributed by atoms with van der Waals surface area (Å²) < 4.78 is 1.75. The summed E-state index contributed by atoms with van der Waals surface area (Å²) in [6.07, 6.45) is 2.15. The molecular formula is C11H15N5O3. The molecule has 102 valence electrons. The van der Waals surface area contributed by atoms with Crippen LogP contribution in [0.5, 0.6) is 0 Å². The van der Waals surface area contributed by atoms with Crippen LogP contribution in [0.25, 0.3) is 11.2 Å². The summed E-state index contributed by atoms with van der Waals surface area (Å²) in [5.41, 5.74) is 6.02. The van der Waals surface area contributed by atoms with E-state index in [1.807, 2.05) is 0 Å². The van der Waals surface area contributed by atoms with Gasteiger partial charge in [-0.1, -0.05) is 0 Å². The standard InChI is InChI=1S/C11H15N5O3/c12-9-8-10(15-11(19)14-9)16(4-13-8)6-1-5(3-17)7(18)2-6/h4-7,17-18H,1-3H2,(H3,12,14,15,19)/t5-,6-,7+/m0/s1. The van der Waals surface area contributed by atoms with Crippen LogP contribution >= 0.6 is 0 Å². The zero-order valence-corrected chi connectivity index (χ0v) is 10.2. The van der Waals surface area contributed by atoms with Crippen LogP contribution in [0.1, 0.15) is 18.9 Å². The number of H-pyrrole nitrogens is 1. The Kier molecular flexibility index (Phi) is 2.76. The summed E-state index contributed by atoms with van der Waals surface area (Å²) in [6.45, 7) is -0.0551. The molecule has 19 heavy (non-hydrogen) atoms. The van der Waals surface area contributed by atoms with E-state index in [2.05, 4.69) is 15.0 Å². The van der Waals surface area contributed by atoms with Gasteiger partial charge in [0, 0.05) is 18.6 Å². The number of aliphatic hydroxyl groups excluding tert-OH is 2. The zero-order chi connectivity index (χ0) is 13.6. The minimum Gasteiger partial charge on any atom is -0.396 e. The normalized spacial score (nSPS) is 27.2. The molecule has 0 aromatic carbocycles. The highest BCUT2D eigenvalue weighted by atomic mass is 16.3. The molecule has 2 heterocycles. The summed E-state index contributed by atoms with van der Waals surface area (Å²) in [7, 11) is 0. The Labute approximate surface area is 107 Å². The van der Waals surface area contributed by atoms with Crippen LogP contribution in [0.4, 0.5) is 5.82 Å². The third-order valence-electron chi connectivity index (χ3n) is 3.73. The molecule has 1 saturated carbocycles. The van der Waals surface area contributed by atoms with Crippen LogP contribution in [-0.4, -0.2) is 42.4 Å². The van der Waals surface area contributed by atoms with Crippen LogP contribution in [0, 0.1) is 5.92 Å². The number of fused-ring (bicyclic) bond motifs is 1. The topological polar surface area (TPSA) is 130 Å². The molecule has 3 rings (SSSR count). The number of nitrogen functional groups attached to an aromatic ring is 1. The van der Waals surface area contributed by atoms with Crippen molar-refractivity contribution in [2.75, 3.05) is 12.3 Å². The molecule has 8 heteroatoms. The summed E-state index contributed by atoms with van der Waals surface area (Å²) >= 11 is 0. The summed E-state index contributed by atoms with van der Waals surface area (Å²) in [6, 6.07) is -0.0363. The van der Waals surface area contributed by atoms with Crippen molar-refractivity contribution in [3.05, 3.63) is 16.8 Å². The van der Waals surface area contributed by atoms with Gasteiger partial charge in [0.2, 0.25) is 0 Å². The van der Waals surface area contributed by atoms with E-state index in [0.29, 0.717) is 24.0 Å². The first kappa shape index (κ1) is 12.1. The fourth-order valence-corrected chi connectivity index (χ4v) is 2.72. The predicted octanol–water partition coefficient (Wildman–Crippen LogP) is -0.994. The number of aromatic amines is 1. The lowest BCUT2D eigenvalue weighted by Gasteiger charge is -2.11. The highest BCUT2D eigenvalue weighted by molar-refractivity contribution is 5.81. The van der Waals surface area contributed by atoms with Crippen molar-refractivity contribution < 1.29 is 10.2 Å². The number of nitrogens with two attached hydrogens (primary N) is 1. The fraction of sp³-hybridized carbons (Fsp3) is 0.545. The minimum absolute atomic E-state index is 0.0363. The van der Waals surface area contributed by atoms with Crippen LogP contribution in [0.15, 0.2) is 11.1 Å². The Morgan fingerprint density at radius 2 is 2.32 bits per heavy atom. The van der Waals surface area contributed by atoms with Gasteiger partial charge in [0.15, 0.2) is 5.65 Å². The van der Waals surface area contributed by atoms with Crippen LogP contribution < -0.4 is 11.4 Å². The van der Waals surface area contributed by atoms with Crippen LogP contribution in [0.2, 0.25) is 0 Å². The van der Waals surface area contributed by atoms with E-state index in [9.17, 15) is 15.0 Å². The third-order valence-corrected chi connectivity index (χ3v) is 3.73. The second-order valence-electron chi connectivity index (χ2n) is 4.91. The summed E-state index contributed by atoms with van der Waals surface area (Å²) in [4.78, 5) is 21.8. The highest BCUT2D eigenvalue weighted by Gasteiger charge is 2.34. The number of rotatable bonds is 2. The molecule has 8 nitrogen and oxygen atoms in total. The number of aromatic nitrogens is 4. The SMILES string of the molecule is Nc1[nH]c(=O)nc2c1ncn2[C@H]1C[C@@H](CO)[C@H](O)C1. The van der Waals surface area contributed by atoms with E-state index in [1.54, 1.807) is 10.9 Å².